The van der Waals surface area contributed by atoms with Crippen LogP contribution in [0.1, 0.15) is 5.56 Å². The van der Waals surface area contributed by atoms with E-state index in [1.54, 1.807) is 30.3 Å². The Morgan fingerprint density at radius 1 is 1.24 bits per heavy atom. The molecule has 0 fully saturated rings. The number of carbonyl (C=O) groups is 1. The zero-order valence-electron chi connectivity index (χ0n) is 15.3. The van der Waals surface area contributed by atoms with E-state index in [4.69, 9.17) is 14.7 Å². The molecule has 0 saturated heterocycles. The Morgan fingerprint density at radius 2 is 2.00 bits per heavy atom. The summed E-state index contributed by atoms with van der Waals surface area (Å²) in [6.07, 6.45) is -1.52. The molecule has 5 nitrogen and oxygen atoms in total. The van der Waals surface area contributed by atoms with Gasteiger partial charge in [0.15, 0.2) is 18.1 Å². The van der Waals surface area contributed by atoms with E-state index in [9.17, 15) is 18.0 Å². The van der Waals surface area contributed by atoms with Crippen LogP contribution in [0.2, 0.25) is 0 Å². The molecule has 2 aromatic rings. The van der Waals surface area contributed by atoms with Crippen LogP contribution in [0.5, 0.6) is 11.5 Å². The maximum Gasteiger partial charge on any atom is 0.398 e. The van der Waals surface area contributed by atoms with Crippen LogP contribution in [0.3, 0.4) is 0 Å². The lowest BCUT2D eigenvalue weighted by molar-refractivity contribution is -0.111. The summed E-state index contributed by atoms with van der Waals surface area (Å²) in [5.41, 5.74) is 0.940. The number of anilines is 1. The highest BCUT2D eigenvalue weighted by Crippen LogP contribution is 2.32. The Morgan fingerprint density at radius 3 is 2.69 bits per heavy atom. The highest BCUT2D eigenvalue weighted by Gasteiger charge is 2.27. The quantitative estimate of drug-likeness (QED) is 0.484. The predicted molar refractivity (Wildman–Crippen MR) is 105 cm³/mol. The number of methoxy groups -OCH3 is 1. The van der Waals surface area contributed by atoms with Gasteiger partial charge in [-0.15, -0.1) is 11.8 Å². The smallest absolute Gasteiger partial charge is 0.398 e. The van der Waals surface area contributed by atoms with E-state index < -0.39 is 17.8 Å². The summed E-state index contributed by atoms with van der Waals surface area (Å²) in [6, 6.07) is 13.0. The summed E-state index contributed by atoms with van der Waals surface area (Å²) < 4.78 is 47.8. The van der Waals surface area contributed by atoms with Crippen LogP contribution in [0.4, 0.5) is 18.9 Å². The SMILES string of the molecule is COc1cc(/C=C/C(=O)Nc2ccccc2SCC(F)(F)F)ccc1OCC#N. The van der Waals surface area contributed by atoms with Crippen LogP contribution >= 0.6 is 11.8 Å². The number of thioether (sulfide) groups is 1. The highest BCUT2D eigenvalue weighted by molar-refractivity contribution is 7.99. The third-order valence-corrected chi connectivity index (χ3v) is 4.58. The number of nitrogens with zero attached hydrogens (tertiary/aromatic N) is 1. The first kappa shape index (κ1) is 22.2. The number of carbonyl (C=O) groups excluding carboxylic acids is 1. The molecule has 29 heavy (non-hydrogen) atoms. The van der Waals surface area contributed by atoms with Crippen molar-refractivity contribution in [3.63, 3.8) is 0 Å². The molecule has 0 saturated carbocycles. The first-order valence-electron chi connectivity index (χ1n) is 8.28. The zero-order chi connectivity index (χ0) is 21.3. The molecule has 1 N–H and O–H groups in total. The second kappa shape index (κ2) is 10.4. The Kier molecular flexibility index (Phi) is 7.98. The van der Waals surface area contributed by atoms with Crippen molar-refractivity contribution >= 4 is 29.4 Å². The van der Waals surface area contributed by atoms with Gasteiger partial charge >= 0.3 is 6.18 Å². The van der Waals surface area contributed by atoms with Gasteiger partial charge in [0.05, 0.1) is 18.6 Å². The molecule has 1 amide bonds. The van der Waals surface area contributed by atoms with Crippen molar-refractivity contribution in [1.82, 2.24) is 0 Å². The normalized spacial score (nSPS) is 11.1. The molecular formula is C20H17F3N2O3S. The van der Waals surface area contributed by atoms with E-state index in [2.05, 4.69) is 5.32 Å². The Labute approximate surface area is 170 Å². The van der Waals surface area contributed by atoms with Crippen molar-refractivity contribution < 1.29 is 27.4 Å². The van der Waals surface area contributed by atoms with Gasteiger partial charge in [-0.2, -0.15) is 18.4 Å². The number of nitriles is 1. The Bertz CT molecular complexity index is 924. The molecule has 9 heteroatoms. The number of rotatable bonds is 8. The number of ether oxygens (including phenoxy) is 2. The number of para-hydroxylation sites is 1. The average Bonchev–Trinajstić information content (AvgIpc) is 2.69. The third-order valence-electron chi connectivity index (χ3n) is 3.44. The summed E-state index contributed by atoms with van der Waals surface area (Å²) in [5.74, 6) is -0.743. The molecule has 0 radical (unpaired) electrons. The Hall–Kier alpha value is -3.12. The fraction of sp³-hybridized carbons (Fsp3) is 0.200. The predicted octanol–water partition coefficient (Wildman–Crippen LogP) is 4.90. The van der Waals surface area contributed by atoms with E-state index in [1.165, 1.54) is 31.4 Å². The minimum absolute atomic E-state index is 0.125. The van der Waals surface area contributed by atoms with E-state index >= 15 is 0 Å². The van der Waals surface area contributed by atoms with Crippen molar-refractivity contribution in [1.29, 1.82) is 5.26 Å². The first-order valence-corrected chi connectivity index (χ1v) is 9.26. The van der Waals surface area contributed by atoms with E-state index in [-0.39, 0.29) is 6.61 Å². The lowest BCUT2D eigenvalue weighted by Gasteiger charge is -2.11. The average molecular weight is 422 g/mol. The van der Waals surface area contributed by atoms with Gasteiger partial charge in [-0.3, -0.25) is 4.79 Å². The van der Waals surface area contributed by atoms with Gasteiger partial charge in [-0.05, 0) is 35.9 Å². The number of hydrogen-bond donors (Lipinski definition) is 1. The fourth-order valence-corrected chi connectivity index (χ4v) is 2.99. The molecule has 0 unspecified atom stereocenters. The number of alkyl halides is 3. The number of halogens is 3. The van der Waals surface area contributed by atoms with Gasteiger partial charge in [0.1, 0.15) is 6.07 Å². The van der Waals surface area contributed by atoms with Gasteiger partial charge in [-0.1, -0.05) is 18.2 Å². The van der Waals surface area contributed by atoms with E-state index in [1.807, 2.05) is 6.07 Å². The molecule has 0 aliphatic carbocycles. The molecule has 0 aliphatic rings. The molecule has 0 aromatic heterocycles. The molecule has 0 aliphatic heterocycles. The van der Waals surface area contributed by atoms with Crippen molar-refractivity contribution in [2.75, 3.05) is 24.8 Å². The van der Waals surface area contributed by atoms with Crippen LogP contribution in [0, 0.1) is 11.3 Å². The monoisotopic (exact) mass is 422 g/mol. The van der Waals surface area contributed by atoms with Crippen LogP contribution in [-0.2, 0) is 4.79 Å². The van der Waals surface area contributed by atoms with Crippen LogP contribution < -0.4 is 14.8 Å². The standard InChI is InChI=1S/C20H17F3N2O3S/c1-27-17-12-14(6-8-16(17)28-11-10-24)7-9-19(26)25-15-4-2-3-5-18(15)29-13-20(21,22)23/h2-9,12H,11,13H2,1H3,(H,25,26)/b9-7+. The molecule has 2 rings (SSSR count). The number of hydrogen-bond acceptors (Lipinski definition) is 5. The molecular weight excluding hydrogens is 405 g/mol. The summed E-state index contributed by atoms with van der Waals surface area (Å²) in [6.45, 7) is -0.125. The molecule has 0 atom stereocenters. The second-order valence-electron chi connectivity index (χ2n) is 5.58. The second-order valence-corrected chi connectivity index (χ2v) is 6.60. The minimum Gasteiger partial charge on any atom is -0.493 e. The fourth-order valence-electron chi connectivity index (χ4n) is 2.22. The molecule has 152 valence electrons. The van der Waals surface area contributed by atoms with Crippen molar-refractivity contribution in [2.24, 2.45) is 0 Å². The largest absolute Gasteiger partial charge is 0.493 e. The van der Waals surface area contributed by atoms with E-state index in [0.717, 1.165) is 0 Å². The topological polar surface area (TPSA) is 71.3 Å². The molecule has 0 spiro atoms. The summed E-state index contributed by atoms with van der Waals surface area (Å²) in [7, 11) is 1.45. The van der Waals surface area contributed by atoms with E-state index in [0.29, 0.717) is 39.4 Å². The summed E-state index contributed by atoms with van der Waals surface area (Å²) >= 11 is 0.606. The van der Waals surface area contributed by atoms with Gasteiger partial charge in [0, 0.05) is 11.0 Å². The van der Waals surface area contributed by atoms with Gasteiger partial charge in [-0.25, -0.2) is 0 Å². The first-order chi connectivity index (χ1) is 13.8. The van der Waals surface area contributed by atoms with Crippen LogP contribution in [0.15, 0.2) is 53.4 Å². The Balaban J connectivity index is 2.06. The lowest BCUT2D eigenvalue weighted by Crippen LogP contribution is -2.12. The van der Waals surface area contributed by atoms with Crippen LogP contribution in [-0.4, -0.2) is 31.6 Å². The maximum atomic E-state index is 12.4. The van der Waals surface area contributed by atoms with Crippen LogP contribution in [0.25, 0.3) is 6.08 Å². The van der Waals surface area contributed by atoms with Gasteiger partial charge in [0.2, 0.25) is 5.91 Å². The number of amides is 1. The highest BCUT2D eigenvalue weighted by atomic mass is 32.2. The number of benzene rings is 2. The third kappa shape index (κ3) is 7.43. The molecule has 0 bridgehead atoms. The van der Waals surface area contributed by atoms with Gasteiger partial charge in [0.25, 0.3) is 0 Å². The van der Waals surface area contributed by atoms with Crippen molar-refractivity contribution in [3.05, 3.63) is 54.1 Å². The number of nitrogens with one attached hydrogen (secondary N) is 1. The summed E-state index contributed by atoms with van der Waals surface area (Å²) in [5, 5.41) is 11.2. The molecule has 2 aromatic carbocycles. The maximum absolute atomic E-state index is 12.4. The summed E-state index contributed by atoms with van der Waals surface area (Å²) in [4.78, 5) is 12.5. The molecule has 0 heterocycles. The van der Waals surface area contributed by atoms with Crippen molar-refractivity contribution in [3.8, 4) is 17.6 Å². The minimum atomic E-state index is -4.30. The van der Waals surface area contributed by atoms with Crippen molar-refractivity contribution in [2.45, 2.75) is 11.1 Å². The lowest BCUT2D eigenvalue weighted by atomic mass is 10.2. The van der Waals surface area contributed by atoms with Gasteiger partial charge < -0.3 is 14.8 Å². The zero-order valence-corrected chi connectivity index (χ0v) is 16.1.